The molecule has 0 bridgehead atoms. The third-order valence-corrected chi connectivity index (χ3v) is 7.34. The number of piperidine rings is 1. The Morgan fingerprint density at radius 2 is 1.42 bits per heavy atom. The van der Waals surface area contributed by atoms with Gasteiger partial charge in [-0.2, -0.15) is 4.31 Å². The normalized spacial score (nSPS) is 26.3. The fourth-order valence-electron chi connectivity index (χ4n) is 4.53. The first-order valence-corrected chi connectivity index (χ1v) is 11.7. The second kappa shape index (κ2) is 8.25. The summed E-state index contributed by atoms with van der Waals surface area (Å²) in [5.74, 6) is 0.644. The summed E-state index contributed by atoms with van der Waals surface area (Å²) in [5, 5.41) is 0. The fourth-order valence-corrected chi connectivity index (χ4v) is 5.64. The smallest absolute Gasteiger partial charge is 0.241 e. The molecule has 1 saturated carbocycles. The van der Waals surface area contributed by atoms with Crippen LogP contribution in [0.25, 0.3) is 0 Å². The predicted octanol–water partition coefficient (Wildman–Crippen LogP) is 1.05. The molecule has 2 aliphatic heterocycles. The van der Waals surface area contributed by atoms with Gasteiger partial charge < -0.3 is 9.80 Å². The van der Waals surface area contributed by atoms with Gasteiger partial charge in [0.1, 0.15) is 6.04 Å². The maximum atomic E-state index is 12.9. The third kappa shape index (κ3) is 4.57. The summed E-state index contributed by atoms with van der Waals surface area (Å²) in [7, 11) is -3.38. The van der Waals surface area contributed by atoms with Gasteiger partial charge in [0.25, 0.3) is 0 Å². The van der Waals surface area contributed by atoms with E-state index in [4.69, 9.17) is 0 Å². The molecule has 3 fully saturated rings. The second-order valence-corrected chi connectivity index (χ2v) is 9.88. The van der Waals surface area contributed by atoms with Crippen LogP contribution in [-0.2, 0) is 19.6 Å². The molecule has 3 aliphatic rings. The van der Waals surface area contributed by atoms with E-state index in [0.29, 0.717) is 51.5 Å². The van der Waals surface area contributed by atoms with E-state index in [2.05, 4.69) is 0 Å². The van der Waals surface area contributed by atoms with Crippen molar-refractivity contribution < 1.29 is 18.0 Å². The lowest BCUT2D eigenvalue weighted by Crippen LogP contribution is -2.57. The van der Waals surface area contributed by atoms with Crippen molar-refractivity contribution in [2.24, 2.45) is 5.92 Å². The van der Waals surface area contributed by atoms with E-state index in [9.17, 15) is 18.0 Å². The Morgan fingerprint density at radius 3 is 2.04 bits per heavy atom. The predicted molar refractivity (Wildman–Crippen MR) is 98.9 cm³/mol. The molecule has 26 heavy (non-hydrogen) atoms. The first-order valence-electron chi connectivity index (χ1n) is 9.89. The monoisotopic (exact) mass is 385 g/mol. The molecule has 1 unspecified atom stereocenters. The molecule has 0 aromatic heterocycles. The Balaban J connectivity index is 1.53. The Hall–Kier alpha value is -1.15. The Kier molecular flexibility index (Phi) is 6.22. The summed E-state index contributed by atoms with van der Waals surface area (Å²) < 4.78 is 25.3. The highest BCUT2D eigenvalue weighted by Crippen LogP contribution is 2.28. The maximum absolute atomic E-state index is 12.9. The summed E-state index contributed by atoms with van der Waals surface area (Å²) in [6.45, 7) is 2.55. The van der Waals surface area contributed by atoms with Crippen LogP contribution < -0.4 is 0 Å². The lowest BCUT2D eigenvalue weighted by atomic mass is 10.0. The molecule has 2 amide bonds. The molecular weight excluding hydrogens is 354 g/mol. The van der Waals surface area contributed by atoms with Crippen molar-refractivity contribution >= 4 is 21.8 Å². The highest BCUT2D eigenvalue weighted by Gasteiger charge is 2.38. The SMILES string of the molecule is CS(=O)(=O)N1CCCCC1C(=O)N1CCN(C(=O)CC2CCCC2)CC1. The number of carbonyl (C=O) groups excluding carboxylic acids is 2. The molecule has 0 aromatic rings. The number of carbonyl (C=O) groups is 2. The van der Waals surface area contributed by atoms with Gasteiger partial charge in [-0.3, -0.25) is 9.59 Å². The van der Waals surface area contributed by atoms with Crippen molar-refractivity contribution in [1.29, 1.82) is 0 Å². The van der Waals surface area contributed by atoms with Crippen molar-refractivity contribution in [1.82, 2.24) is 14.1 Å². The van der Waals surface area contributed by atoms with Gasteiger partial charge >= 0.3 is 0 Å². The summed E-state index contributed by atoms with van der Waals surface area (Å²) in [5.41, 5.74) is 0. The van der Waals surface area contributed by atoms with Crippen LogP contribution >= 0.6 is 0 Å². The maximum Gasteiger partial charge on any atom is 0.241 e. The zero-order valence-corrected chi connectivity index (χ0v) is 16.5. The topological polar surface area (TPSA) is 78.0 Å². The summed E-state index contributed by atoms with van der Waals surface area (Å²) in [4.78, 5) is 28.9. The number of amides is 2. The van der Waals surface area contributed by atoms with Crippen molar-refractivity contribution in [2.75, 3.05) is 39.0 Å². The van der Waals surface area contributed by atoms with Gasteiger partial charge in [-0.15, -0.1) is 0 Å². The molecule has 0 N–H and O–H groups in total. The molecule has 1 atom stereocenters. The van der Waals surface area contributed by atoms with E-state index < -0.39 is 16.1 Å². The number of rotatable bonds is 4. The van der Waals surface area contributed by atoms with Crippen LogP contribution in [0.5, 0.6) is 0 Å². The molecule has 2 saturated heterocycles. The van der Waals surface area contributed by atoms with Crippen LogP contribution in [0, 0.1) is 5.92 Å². The highest BCUT2D eigenvalue weighted by atomic mass is 32.2. The molecule has 148 valence electrons. The summed E-state index contributed by atoms with van der Waals surface area (Å²) in [6.07, 6.45) is 8.88. The van der Waals surface area contributed by atoms with Gasteiger partial charge in [0, 0.05) is 39.1 Å². The Morgan fingerprint density at radius 1 is 0.846 bits per heavy atom. The number of hydrogen-bond donors (Lipinski definition) is 0. The number of sulfonamides is 1. The van der Waals surface area contributed by atoms with Crippen LogP contribution in [0.3, 0.4) is 0 Å². The molecule has 8 heteroatoms. The van der Waals surface area contributed by atoms with E-state index in [0.717, 1.165) is 25.7 Å². The van der Waals surface area contributed by atoms with E-state index in [1.807, 2.05) is 4.90 Å². The quantitative estimate of drug-likeness (QED) is 0.725. The van der Waals surface area contributed by atoms with Gasteiger partial charge in [-0.1, -0.05) is 19.3 Å². The van der Waals surface area contributed by atoms with Gasteiger partial charge in [-0.05, 0) is 31.6 Å². The highest BCUT2D eigenvalue weighted by molar-refractivity contribution is 7.88. The fraction of sp³-hybridized carbons (Fsp3) is 0.889. The Bertz CT molecular complexity index is 622. The van der Waals surface area contributed by atoms with Crippen molar-refractivity contribution in [3.8, 4) is 0 Å². The molecule has 2 heterocycles. The average molecular weight is 386 g/mol. The minimum absolute atomic E-state index is 0.0991. The molecule has 0 spiro atoms. The number of hydrogen-bond acceptors (Lipinski definition) is 4. The zero-order valence-electron chi connectivity index (χ0n) is 15.7. The molecule has 0 radical (unpaired) electrons. The minimum Gasteiger partial charge on any atom is -0.339 e. The number of piperazine rings is 1. The zero-order chi connectivity index (χ0) is 18.7. The molecular formula is C18H31N3O4S. The lowest BCUT2D eigenvalue weighted by Gasteiger charge is -2.40. The van der Waals surface area contributed by atoms with Crippen LogP contribution in [0.4, 0.5) is 0 Å². The average Bonchev–Trinajstić information content (AvgIpc) is 3.13. The van der Waals surface area contributed by atoms with Crippen molar-refractivity contribution in [3.05, 3.63) is 0 Å². The summed E-state index contributed by atoms with van der Waals surface area (Å²) in [6, 6.07) is -0.570. The second-order valence-electron chi connectivity index (χ2n) is 7.95. The molecule has 0 aromatic carbocycles. The molecule has 7 nitrogen and oxygen atoms in total. The van der Waals surface area contributed by atoms with Crippen LogP contribution in [0.2, 0.25) is 0 Å². The minimum atomic E-state index is -3.38. The largest absolute Gasteiger partial charge is 0.339 e. The van der Waals surface area contributed by atoms with Crippen LogP contribution in [-0.4, -0.2) is 79.4 Å². The van der Waals surface area contributed by atoms with E-state index in [1.165, 1.54) is 23.4 Å². The van der Waals surface area contributed by atoms with Gasteiger partial charge in [0.05, 0.1) is 6.26 Å². The van der Waals surface area contributed by atoms with Crippen molar-refractivity contribution in [2.45, 2.75) is 57.4 Å². The van der Waals surface area contributed by atoms with Gasteiger partial charge in [0.2, 0.25) is 21.8 Å². The lowest BCUT2D eigenvalue weighted by molar-refractivity contribution is -0.143. The van der Waals surface area contributed by atoms with Crippen LogP contribution in [0.1, 0.15) is 51.4 Å². The van der Waals surface area contributed by atoms with E-state index >= 15 is 0 Å². The van der Waals surface area contributed by atoms with Crippen molar-refractivity contribution in [3.63, 3.8) is 0 Å². The molecule has 3 rings (SSSR count). The first kappa shape index (κ1) is 19.6. The van der Waals surface area contributed by atoms with Crippen LogP contribution in [0.15, 0.2) is 0 Å². The number of nitrogens with zero attached hydrogens (tertiary/aromatic N) is 3. The third-order valence-electron chi connectivity index (χ3n) is 6.05. The van der Waals surface area contributed by atoms with E-state index in [1.54, 1.807) is 4.90 Å². The first-order chi connectivity index (χ1) is 12.4. The van der Waals surface area contributed by atoms with Gasteiger partial charge in [-0.25, -0.2) is 8.42 Å². The standard InChI is InChI=1S/C18H31N3O4S/c1-26(24,25)21-9-5-4-8-16(21)18(23)20-12-10-19(11-13-20)17(22)14-15-6-2-3-7-15/h15-16H,2-14H2,1H3. The molecule has 1 aliphatic carbocycles. The summed E-state index contributed by atoms with van der Waals surface area (Å²) >= 11 is 0. The van der Waals surface area contributed by atoms with Gasteiger partial charge in [0.15, 0.2) is 0 Å². The van der Waals surface area contributed by atoms with E-state index in [-0.39, 0.29) is 11.8 Å². The Labute approximate surface area is 156 Å².